The van der Waals surface area contributed by atoms with Crippen molar-refractivity contribution >= 4 is 33.1 Å². The van der Waals surface area contributed by atoms with Crippen LogP contribution in [0, 0.1) is 13.8 Å². The number of hydrogen-bond acceptors (Lipinski definition) is 4. The lowest BCUT2D eigenvalue weighted by atomic mass is 10.1. The fourth-order valence-electron chi connectivity index (χ4n) is 3.66. The number of aryl methyl sites for hydroxylation is 2. The van der Waals surface area contributed by atoms with Gasteiger partial charge < -0.3 is 5.32 Å². The van der Waals surface area contributed by atoms with Crippen LogP contribution in [0.5, 0.6) is 0 Å². The fraction of sp³-hybridized carbons (Fsp3) is 0.333. The SMILES string of the molecule is Cc1ccc(NC(=O)CN2CCC[C@@H]2c2nc3ccccc3s2)c(C)c1. The largest absolute Gasteiger partial charge is 0.325 e. The molecular weight excluding hydrogens is 342 g/mol. The number of thiazole rings is 1. The zero-order valence-electron chi connectivity index (χ0n) is 15.2. The Morgan fingerprint density at radius 3 is 2.92 bits per heavy atom. The van der Waals surface area contributed by atoms with Crippen molar-refractivity contribution in [3.8, 4) is 0 Å². The number of aromatic nitrogens is 1. The van der Waals surface area contributed by atoms with E-state index in [0.717, 1.165) is 41.2 Å². The molecule has 1 aliphatic rings. The smallest absolute Gasteiger partial charge is 0.238 e. The van der Waals surface area contributed by atoms with Gasteiger partial charge in [-0.3, -0.25) is 9.69 Å². The van der Waals surface area contributed by atoms with Crippen molar-refractivity contribution in [3.63, 3.8) is 0 Å². The minimum atomic E-state index is 0.0463. The number of carbonyl (C=O) groups is 1. The Labute approximate surface area is 157 Å². The lowest BCUT2D eigenvalue weighted by Gasteiger charge is -2.22. The minimum Gasteiger partial charge on any atom is -0.325 e. The van der Waals surface area contributed by atoms with E-state index in [9.17, 15) is 4.79 Å². The lowest BCUT2D eigenvalue weighted by Crippen LogP contribution is -2.33. The Morgan fingerprint density at radius 2 is 2.12 bits per heavy atom. The standard InChI is InChI=1S/C21H23N3OS/c1-14-9-10-16(15(2)12-14)22-20(25)13-24-11-5-7-18(24)21-23-17-6-3-4-8-19(17)26-21/h3-4,6,8-10,12,18H,5,7,11,13H2,1-2H3,(H,22,25)/t18-/m1/s1. The number of rotatable bonds is 4. The van der Waals surface area contributed by atoms with Crippen molar-refractivity contribution in [1.82, 2.24) is 9.88 Å². The fourth-order valence-corrected chi connectivity index (χ4v) is 4.79. The summed E-state index contributed by atoms with van der Waals surface area (Å²) >= 11 is 1.75. The zero-order chi connectivity index (χ0) is 18.1. The molecule has 1 atom stereocenters. The van der Waals surface area contributed by atoms with Gasteiger partial charge in [0.2, 0.25) is 5.91 Å². The van der Waals surface area contributed by atoms with Gasteiger partial charge in [-0.2, -0.15) is 0 Å². The van der Waals surface area contributed by atoms with E-state index in [1.165, 1.54) is 10.3 Å². The molecule has 1 amide bonds. The quantitative estimate of drug-likeness (QED) is 0.729. The van der Waals surface area contributed by atoms with Gasteiger partial charge in [-0.1, -0.05) is 29.8 Å². The Morgan fingerprint density at radius 1 is 1.27 bits per heavy atom. The summed E-state index contributed by atoms with van der Waals surface area (Å²) in [5, 5.41) is 4.19. The van der Waals surface area contributed by atoms with E-state index in [2.05, 4.69) is 35.3 Å². The van der Waals surface area contributed by atoms with Crippen LogP contribution in [-0.4, -0.2) is 28.9 Å². The number of likely N-dealkylation sites (tertiary alicyclic amines) is 1. The highest BCUT2D eigenvalue weighted by molar-refractivity contribution is 7.18. The van der Waals surface area contributed by atoms with Gasteiger partial charge in [-0.25, -0.2) is 4.98 Å². The first-order valence-electron chi connectivity index (χ1n) is 9.07. The Bertz CT molecular complexity index is 916. The molecule has 2 heterocycles. The van der Waals surface area contributed by atoms with Crippen LogP contribution in [0.25, 0.3) is 10.2 Å². The monoisotopic (exact) mass is 365 g/mol. The molecule has 5 heteroatoms. The summed E-state index contributed by atoms with van der Waals surface area (Å²) in [6, 6.07) is 14.6. The van der Waals surface area contributed by atoms with E-state index in [4.69, 9.17) is 4.98 Å². The van der Waals surface area contributed by atoms with Crippen LogP contribution in [-0.2, 0) is 4.79 Å². The van der Waals surface area contributed by atoms with Gasteiger partial charge in [-0.05, 0) is 57.0 Å². The molecule has 1 fully saturated rings. The molecule has 1 N–H and O–H groups in total. The van der Waals surface area contributed by atoms with Gasteiger partial charge in [0.25, 0.3) is 0 Å². The molecule has 0 aliphatic carbocycles. The molecule has 134 valence electrons. The first-order valence-corrected chi connectivity index (χ1v) is 9.88. The van der Waals surface area contributed by atoms with E-state index < -0.39 is 0 Å². The van der Waals surface area contributed by atoms with Crippen LogP contribution in [0.3, 0.4) is 0 Å². The van der Waals surface area contributed by atoms with Crippen LogP contribution >= 0.6 is 11.3 Å². The van der Waals surface area contributed by atoms with Crippen molar-refractivity contribution in [2.24, 2.45) is 0 Å². The maximum Gasteiger partial charge on any atom is 0.238 e. The third-order valence-corrected chi connectivity index (χ3v) is 6.10. The van der Waals surface area contributed by atoms with Gasteiger partial charge in [-0.15, -0.1) is 11.3 Å². The minimum absolute atomic E-state index is 0.0463. The third-order valence-electron chi connectivity index (χ3n) is 4.96. The molecular formula is C21H23N3OS. The predicted octanol–water partition coefficient (Wildman–Crippen LogP) is 4.69. The highest BCUT2D eigenvalue weighted by Crippen LogP contribution is 2.36. The highest BCUT2D eigenvalue weighted by Gasteiger charge is 2.30. The summed E-state index contributed by atoms with van der Waals surface area (Å²) in [6.45, 7) is 5.45. The second-order valence-electron chi connectivity index (χ2n) is 7.01. The van der Waals surface area contributed by atoms with Crippen molar-refractivity contribution in [3.05, 3.63) is 58.6 Å². The van der Waals surface area contributed by atoms with E-state index in [-0.39, 0.29) is 11.9 Å². The van der Waals surface area contributed by atoms with Crippen LogP contribution in [0.4, 0.5) is 5.69 Å². The average molecular weight is 366 g/mol. The van der Waals surface area contributed by atoms with Crippen molar-refractivity contribution in [2.75, 3.05) is 18.4 Å². The van der Waals surface area contributed by atoms with E-state index in [0.29, 0.717) is 6.54 Å². The number of nitrogens with zero attached hydrogens (tertiary/aromatic N) is 2. The molecule has 4 rings (SSSR count). The molecule has 26 heavy (non-hydrogen) atoms. The first kappa shape index (κ1) is 17.2. The van der Waals surface area contributed by atoms with E-state index >= 15 is 0 Å². The number of carbonyl (C=O) groups excluding carboxylic acids is 1. The summed E-state index contributed by atoms with van der Waals surface area (Å²) in [7, 11) is 0. The molecule has 1 saturated heterocycles. The Hall–Kier alpha value is -2.24. The number of benzene rings is 2. The highest BCUT2D eigenvalue weighted by atomic mass is 32.1. The number of fused-ring (bicyclic) bond motifs is 1. The normalized spacial score (nSPS) is 17.7. The number of hydrogen-bond donors (Lipinski definition) is 1. The molecule has 0 unspecified atom stereocenters. The topological polar surface area (TPSA) is 45.2 Å². The van der Waals surface area contributed by atoms with E-state index in [1.807, 2.05) is 31.2 Å². The number of para-hydroxylation sites is 1. The van der Waals surface area contributed by atoms with Crippen LogP contribution in [0.2, 0.25) is 0 Å². The molecule has 1 aliphatic heterocycles. The number of anilines is 1. The number of amides is 1. The second-order valence-corrected chi connectivity index (χ2v) is 8.08. The van der Waals surface area contributed by atoms with Crippen LogP contribution in [0.15, 0.2) is 42.5 Å². The summed E-state index contributed by atoms with van der Waals surface area (Å²) in [5.41, 5.74) is 4.26. The van der Waals surface area contributed by atoms with Gasteiger partial charge in [0.1, 0.15) is 5.01 Å². The first-order chi connectivity index (χ1) is 12.6. The van der Waals surface area contributed by atoms with Crippen LogP contribution < -0.4 is 5.32 Å². The van der Waals surface area contributed by atoms with E-state index in [1.54, 1.807) is 11.3 Å². The van der Waals surface area contributed by atoms with Gasteiger partial charge in [0, 0.05) is 5.69 Å². The summed E-state index contributed by atoms with van der Waals surface area (Å²) in [5.74, 6) is 0.0463. The molecule has 0 bridgehead atoms. The molecule has 3 aromatic rings. The summed E-state index contributed by atoms with van der Waals surface area (Å²) < 4.78 is 1.22. The van der Waals surface area contributed by atoms with Gasteiger partial charge in [0.05, 0.1) is 22.8 Å². The van der Waals surface area contributed by atoms with Gasteiger partial charge >= 0.3 is 0 Å². The molecule has 1 aromatic heterocycles. The average Bonchev–Trinajstić information content (AvgIpc) is 3.23. The zero-order valence-corrected chi connectivity index (χ0v) is 16.0. The van der Waals surface area contributed by atoms with Crippen molar-refractivity contribution < 1.29 is 4.79 Å². The maximum atomic E-state index is 12.6. The lowest BCUT2D eigenvalue weighted by molar-refractivity contribution is -0.117. The Balaban J connectivity index is 1.47. The summed E-state index contributed by atoms with van der Waals surface area (Å²) in [4.78, 5) is 19.7. The molecule has 2 aromatic carbocycles. The number of nitrogens with one attached hydrogen (secondary N) is 1. The Kier molecular flexibility index (Phi) is 4.74. The van der Waals surface area contributed by atoms with Crippen LogP contribution in [0.1, 0.15) is 35.0 Å². The molecule has 0 spiro atoms. The predicted molar refractivity (Wildman–Crippen MR) is 108 cm³/mol. The van der Waals surface area contributed by atoms with Crippen molar-refractivity contribution in [1.29, 1.82) is 0 Å². The van der Waals surface area contributed by atoms with Gasteiger partial charge in [0.15, 0.2) is 0 Å². The van der Waals surface area contributed by atoms with Crippen molar-refractivity contribution in [2.45, 2.75) is 32.7 Å². The molecule has 4 nitrogen and oxygen atoms in total. The third kappa shape index (κ3) is 3.50. The maximum absolute atomic E-state index is 12.6. The molecule has 0 saturated carbocycles. The summed E-state index contributed by atoms with van der Waals surface area (Å²) in [6.07, 6.45) is 2.17. The molecule has 0 radical (unpaired) electrons. The second kappa shape index (κ2) is 7.17.